The Kier molecular flexibility index (Phi) is 8.87. The van der Waals surface area contributed by atoms with E-state index in [1.54, 1.807) is 0 Å². The standard InChI is InChI=1S/C24H32Cl2N4.Mn/c1-27-13-17-30-18-16-29(22(19-27)20-9-5-3-6-10-20)15-14-28(2)23(24(30,25)26)21-11-7-4-8-12-21;/h3-12,22-23H,13-19H2,1-2H3;. The molecule has 0 amide bonds. The summed E-state index contributed by atoms with van der Waals surface area (Å²) in [6, 6.07) is 21.6. The van der Waals surface area contributed by atoms with Gasteiger partial charge in [-0.3, -0.25) is 14.7 Å². The Morgan fingerprint density at radius 3 is 1.94 bits per heavy atom. The van der Waals surface area contributed by atoms with Crippen molar-refractivity contribution in [3.05, 3.63) is 71.8 Å². The van der Waals surface area contributed by atoms with Gasteiger partial charge in [0.1, 0.15) is 0 Å². The molecule has 2 fully saturated rings. The first-order valence-electron chi connectivity index (χ1n) is 10.8. The van der Waals surface area contributed by atoms with Gasteiger partial charge in [-0.2, -0.15) is 0 Å². The van der Waals surface area contributed by atoms with Crippen molar-refractivity contribution in [1.82, 2.24) is 19.6 Å². The van der Waals surface area contributed by atoms with Crippen molar-refractivity contribution < 1.29 is 17.1 Å². The minimum absolute atomic E-state index is 0. The summed E-state index contributed by atoms with van der Waals surface area (Å²) in [5.41, 5.74) is 2.54. The van der Waals surface area contributed by atoms with E-state index in [1.807, 2.05) is 6.07 Å². The molecule has 2 heterocycles. The fraction of sp³-hybridized carbons (Fsp3) is 0.500. The predicted molar refractivity (Wildman–Crippen MR) is 126 cm³/mol. The van der Waals surface area contributed by atoms with Crippen LogP contribution in [-0.4, -0.2) is 84.0 Å². The molecule has 0 saturated carbocycles. The molecule has 0 aliphatic carbocycles. The first kappa shape index (κ1) is 25.0. The van der Waals surface area contributed by atoms with Crippen molar-refractivity contribution in [3.8, 4) is 0 Å². The minimum Gasteiger partial charge on any atom is -0.303 e. The summed E-state index contributed by atoms with van der Waals surface area (Å²) in [7, 11) is 4.35. The third-order valence-electron chi connectivity index (χ3n) is 6.57. The third-order valence-corrected chi connectivity index (χ3v) is 7.46. The van der Waals surface area contributed by atoms with Gasteiger partial charge in [0.15, 0.2) is 4.46 Å². The van der Waals surface area contributed by atoms with Gasteiger partial charge in [-0.05, 0) is 25.2 Å². The Bertz CT molecular complexity index is 808. The van der Waals surface area contributed by atoms with E-state index >= 15 is 0 Å². The zero-order chi connectivity index (χ0) is 21.1. The predicted octanol–water partition coefficient (Wildman–Crippen LogP) is 4.09. The Balaban J connectivity index is 0.00000272. The van der Waals surface area contributed by atoms with Gasteiger partial charge >= 0.3 is 0 Å². The first-order valence-corrected chi connectivity index (χ1v) is 11.6. The summed E-state index contributed by atoms with van der Waals surface area (Å²) in [4.78, 5) is 9.62. The van der Waals surface area contributed by atoms with E-state index in [-0.39, 0.29) is 23.1 Å². The van der Waals surface area contributed by atoms with Crippen LogP contribution in [0, 0.1) is 0 Å². The molecular weight excluding hydrogens is 470 g/mol. The number of halogens is 2. The summed E-state index contributed by atoms with van der Waals surface area (Å²) in [6.45, 7) is 6.46. The molecule has 2 bridgehead atoms. The summed E-state index contributed by atoms with van der Waals surface area (Å²) in [5.74, 6) is 0. The zero-order valence-electron chi connectivity index (χ0n) is 18.3. The van der Waals surface area contributed by atoms with E-state index in [2.05, 4.69) is 88.3 Å². The topological polar surface area (TPSA) is 13.0 Å². The molecule has 4 rings (SSSR count). The molecule has 2 aromatic rings. The van der Waals surface area contributed by atoms with Gasteiger partial charge in [0, 0.05) is 68.9 Å². The van der Waals surface area contributed by atoms with Crippen LogP contribution in [0.15, 0.2) is 60.7 Å². The van der Waals surface area contributed by atoms with Crippen molar-refractivity contribution in [1.29, 1.82) is 0 Å². The maximum atomic E-state index is 7.20. The van der Waals surface area contributed by atoms with Crippen molar-refractivity contribution in [3.63, 3.8) is 0 Å². The molecule has 0 N–H and O–H groups in total. The van der Waals surface area contributed by atoms with E-state index in [0.717, 1.165) is 51.4 Å². The monoisotopic (exact) mass is 501 g/mol. The first-order chi connectivity index (χ1) is 14.5. The Morgan fingerprint density at radius 1 is 0.742 bits per heavy atom. The smallest absolute Gasteiger partial charge is 0.191 e. The SMILES string of the molecule is CN1CCN2CCN(CCN(C)C(c3ccccc3)C2(Cl)Cl)C(c2ccccc2)C1.[Mn]. The maximum absolute atomic E-state index is 7.20. The van der Waals surface area contributed by atoms with Crippen LogP contribution in [0.2, 0.25) is 0 Å². The number of nitrogens with zero attached hydrogens (tertiary/aromatic N) is 4. The number of alkyl halides is 2. The Hall–Kier alpha value is -0.621. The second kappa shape index (κ2) is 11.0. The number of fused-ring (bicyclic) bond motifs is 3. The molecule has 4 unspecified atom stereocenters. The van der Waals surface area contributed by atoms with Crippen molar-refractivity contribution >= 4 is 23.2 Å². The number of likely N-dealkylation sites (N-methyl/N-ethyl adjacent to an activating group) is 2. The van der Waals surface area contributed by atoms with E-state index in [1.165, 1.54) is 5.56 Å². The number of benzene rings is 2. The molecule has 169 valence electrons. The molecule has 1 radical (unpaired) electrons. The fourth-order valence-electron chi connectivity index (χ4n) is 4.81. The molecule has 7 heteroatoms. The molecule has 2 aromatic carbocycles. The Labute approximate surface area is 207 Å². The summed E-state index contributed by atoms with van der Waals surface area (Å²) >= 11 is 14.4. The maximum Gasteiger partial charge on any atom is 0.191 e. The molecule has 4 atom stereocenters. The van der Waals surface area contributed by atoms with E-state index < -0.39 is 4.46 Å². The molecule has 2 aliphatic rings. The van der Waals surface area contributed by atoms with Gasteiger partial charge in [-0.15, -0.1) is 0 Å². The quantitative estimate of drug-likeness (QED) is 0.349. The van der Waals surface area contributed by atoms with Crippen LogP contribution in [-0.2, 0) is 17.1 Å². The van der Waals surface area contributed by atoms with Crippen LogP contribution < -0.4 is 0 Å². The van der Waals surface area contributed by atoms with Gasteiger partial charge in [0.25, 0.3) is 0 Å². The summed E-state index contributed by atoms with van der Waals surface area (Å²) < 4.78 is -1.00. The van der Waals surface area contributed by atoms with Crippen LogP contribution >= 0.6 is 23.2 Å². The molecule has 31 heavy (non-hydrogen) atoms. The second-order valence-corrected chi connectivity index (χ2v) is 9.94. The second-order valence-electron chi connectivity index (χ2n) is 8.59. The number of hydrogen-bond acceptors (Lipinski definition) is 4. The van der Waals surface area contributed by atoms with E-state index in [9.17, 15) is 0 Å². The molecule has 2 aliphatic heterocycles. The van der Waals surface area contributed by atoms with Crippen molar-refractivity contribution in [2.45, 2.75) is 16.5 Å². The average molecular weight is 502 g/mol. The molecule has 0 spiro atoms. The van der Waals surface area contributed by atoms with Gasteiger partial charge in [0.2, 0.25) is 0 Å². The number of rotatable bonds is 2. The largest absolute Gasteiger partial charge is 0.303 e. The van der Waals surface area contributed by atoms with Gasteiger partial charge in [0.05, 0.1) is 6.04 Å². The van der Waals surface area contributed by atoms with Gasteiger partial charge in [-0.25, -0.2) is 0 Å². The summed E-state index contributed by atoms with van der Waals surface area (Å²) in [6.07, 6.45) is 0. The fourth-order valence-corrected chi connectivity index (χ4v) is 5.73. The van der Waals surface area contributed by atoms with Crippen LogP contribution in [0.5, 0.6) is 0 Å². The Morgan fingerprint density at radius 2 is 1.29 bits per heavy atom. The number of hydrogen-bond donors (Lipinski definition) is 0. The zero-order valence-corrected chi connectivity index (χ0v) is 21.0. The molecule has 0 aromatic heterocycles. The molecule has 2 saturated heterocycles. The molecular formula is C24H32Cl2MnN4. The average Bonchev–Trinajstić information content (AvgIpc) is 2.85. The van der Waals surface area contributed by atoms with Gasteiger partial charge in [-0.1, -0.05) is 83.9 Å². The van der Waals surface area contributed by atoms with E-state index in [4.69, 9.17) is 23.2 Å². The third kappa shape index (κ3) is 5.66. The van der Waals surface area contributed by atoms with E-state index in [0.29, 0.717) is 6.04 Å². The van der Waals surface area contributed by atoms with Crippen molar-refractivity contribution in [2.24, 2.45) is 0 Å². The van der Waals surface area contributed by atoms with Crippen molar-refractivity contribution in [2.75, 3.05) is 59.9 Å². The van der Waals surface area contributed by atoms with Crippen LogP contribution in [0.4, 0.5) is 0 Å². The van der Waals surface area contributed by atoms with Crippen LogP contribution in [0.3, 0.4) is 0 Å². The van der Waals surface area contributed by atoms with Gasteiger partial charge < -0.3 is 4.90 Å². The molecule has 4 nitrogen and oxygen atoms in total. The van der Waals surface area contributed by atoms with Crippen LogP contribution in [0.1, 0.15) is 23.2 Å². The van der Waals surface area contributed by atoms with Crippen LogP contribution in [0.25, 0.3) is 0 Å². The minimum atomic E-state index is -1.00. The summed E-state index contributed by atoms with van der Waals surface area (Å²) in [5, 5.41) is 0. The normalized spacial score (nSPS) is 30.1.